The van der Waals surface area contributed by atoms with Crippen LogP contribution in [0.2, 0.25) is 0 Å². The van der Waals surface area contributed by atoms with Crippen molar-refractivity contribution in [1.29, 1.82) is 0 Å². The molecule has 1 atom stereocenters. The molecule has 7 heteroatoms. The highest BCUT2D eigenvalue weighted by Crippen LogP contribution is 2.25. The predicted octanol–water partition coefficient (Wildman–Crippen LogP) is 3.00. The van der Waals surface area contributed by atoms with Gasteiger partial charge in [0.25, 0.3) is 5.91 Å². The van der Waals surface area contributed by atoms with Gasteiger partial charge in [0.1, 0.15) is 11.8 Å². The summed E-state index contributed by atoms with van der Waals surface area (Å²) in [6.45, 7) is 1.78. The largest absolute Gasteiger partial charge is 0.497 e. The molecule has 0 radical (unpaired) electrons. The number of nitrogens with one attached hydrogen (secondary N) is 1. The van der Waals surface area contributed by atoms with Crippen LogP contribution < -0.4 is 15.0 Å². The number of anilines is 1. The maximum atomic E-state index is 12.9. The molecule has 0 saturated carbocycles. The van der Waals surface area contributed by atoms with Crippen LogP contribution in [0.1, 0.15) is 23.2 Å². The molecule has 0 spiro atoms. The standard InChI is InChI=1S/C23H27N3O3S/c1-29-20-9-7-19(8-10-20)25-13-11-18(12-14-25)24-22(27)21-15-30-16-26(21)23(28)17-5-3-2-4-6-17/h2-10,18,21H,11-16H2,1H3,(H,24,27)/t21-/m0/s1. The second-order valence-corrected chi connectivity index (χ2v) is 8.62. The molecule has 2 aliphatic heterocycles. The van der Waals surface area contributed by atoms with Gasteiger partial charge in [-0.15, -0.1) is 11.8 Å². The van der Waals surface area contributed by atoms with E-state index in [1.165, 1.54) is 5.69 Å². The zero-order chi connectivity index (χ0) is 20.9. The van der Waals surface area contributed by atoms with E-state index in [0.29, 0.717) is 17.2 Å². The van der Waals surface area contributed by atoms with Gasteiger partial charge in [-0.1, -0.05) is 18.2 Å². The maximum Gasteiger partial charge on any atom is 0.255 e. The van der Waals surface area contributed by atoms with E-state index in [4.69, 9.17) is 4.74 Å². The molecule has 2 aliphatic rings. The van der Waals surface area contributed by atoms with Crippen LogP contribution in [-0.2, 0) is 4.79 Å². The van der Waals surface area contributed by atoms with Crippen molar-refractivity contribution in [2.45, 2.75) is 24.9 Å². The van der Waals surface area contributed by atoms with Crippen molar-refractivity contribution in [3.8, 4) is 5.75 Å². The zero-order valence-corrected chi connectivity index (χ0v) is 17.9. The average Bonchev–Trinajstić information content (AvgIpc) is 3.30. The first-order valence-corrected chi connectivity index (χ1v) is 11.4. The Kier molecular flexibility index (Phi) is 6.47. The van der Waals surface area contributed by atoms with Crippen LogP contribution in [0.25, 0.3) is 0 Å². The molecule has 6 nitrogen and oxygen atoms in total. The molecule has 2 heterocycles. The second kappa shape index (κ2) is 9.43. The van der Waals surface area contributed by atoms with Gasteiger partial charge in [0.15, 0.2) is 0 Å². The first-order valence-electron chi connectivity index (χ1n) is 10.3. The van der Waals surface area contributed by atoms with Crippen LogP contribution >= 0.6 is 11.8 Å². The first kappa shape index (κ1) is 20.6. The van der Waals surface area contributed by atoms with Gasteiger partial charge in [-0.3, -0.25) is 9.59 Å². The number of carbonyl (C=O) groups excluding carboxylic acids is 2. The Morgan fingerprint density at radius 3 is 2.40 bits per heavy atom. The summed E-state index contributed by atoms with van der Waals surface area (Å²) in [7, 11) is 1.67. The van der Waals surface area contributed by atoms with E-state index in [1.807, 2.05) is 30.3 Å². The smallest absolute Gasteiger partial charge is 0.255 e. The van der Waals surface area contributed by atoms with Crippen LogP contribution in [-0.4, -0.2) is 60.6 Å². The van der Waals surface area contributed by atoms with E-state index in [2.05, 4.69) is 22.3 Å². The maximum absolute atomic E-state index is 12.9. The summed E-state index contributed by atoms with van der Waals surface area (Å²) in [5.41, 5.74) is 1.80. The van der Waals surface area contributed by atoms with Gasteiger partial charge in [-0.2, -0.15) is 0 Å². The van der Waals surface area contributed by atoms with Crippen LogP contribution in [0.5, 0.6) is 5.75 Å². The molecule has 0 aliphatic carbocycles. The second-order valence-electron chi connectivity index (χ2n) is 7.62. The van der Waals surface area contributed by atoms with Crippen molar-refractivity contribution in [1.82, 2.24) is 10.2 Å². The van der Waals surface area contributed by atoms with Gasteiger partial charge in [0, 0.05) is 36.1 Å². The molecular weight excluding hydrogens is 398 g/mol. The Labute approximate surface area is 181 Å². The molecule has 4 rings (SSSR count). The lowest BCUT2D eigenvalue weighted by atomic mass is 10.0. The highest BCUT2D eigenvalue weighted by molar-refractivity contribution is 7.99. The minimum atomic E-state index is -0.401. The third kappa shape index (κ3) is 4.56. The van der Waals surface area contributed by atoms with Crippen molar-refractivity contribution in [2.75, 3.05) is 36.7 Å². The van der Waals surface area contributed by atoms with E-state index < -0.39 is 6.04 Å². The van der Waals surface area contributed by atoms with Gasteiger partial charge in [-0.05, 0) is 49.2 Å². The quantitative estimate of drug-likeness (QED) is 0.798. The number of thioether (sulfide) groups is 1. The lowest BCUT2D eigenvalue weighted by Gasteiger charge is -2.35. The van der Waals surface area contributed by atoms with Gasteiger partial charge in [-0.25, -0.2) is 0 Å². The minimum Gasteiger partial charge on any atom is -0.497 e. The molecular formula is C23H27N3O3S. The number of piperidine rings is 1. The summed E-state index contributed by atoms with van der Waals surface area (Å²) in [5, 5.41) is 3.19. The van der Waals surface area contributed by atoms with Crippen LogP contribution in [0.4, 0.5) is 5.69 Å². The molecule has 2 fully saturated rings. The number of rotatable bonds is 5. The number of benzene rings is 2. The summed E-state index contributed by atoms with van der Waals surface area (Å²) in [5.74, 6) is 1.95. The number of hydrogen-bond donors (Lipinski definition) is 1. The average molecular weight is 426 g/mol. The molecule has 2 aromatic carbocycles. The first-order chi connectivity index (χ1) is 14.7. The Morgan fingerprint density at radius 1 is 1.03 bits per heavy atom. The fourth-order valence-electron chi connectivity index (χ4n) is 3.98. The topological polar surface area (TPSA) is 61.9 Å². The zero-order valence-electron chi connectivity index (χ0n) is 17.1. The number of methoxy groups -OCH3 is 1. The summed E-state index contributed by atoms with van der Waals surface area (Å²) in [4.78, 5) is 29.8. The van der Waals surface area contributed by atoms with Gasteiger partial charge in [0.05, 0.1) is 13.0 Å². The fraction of sp³-hybridized carbons (Fsp3) is 0.391. The van der Waals surface area contributed by atoms with E-state index in [1.54, 1.807) is 35.9 Å². The Balaban J connectivity index is 1.31. The molecule has 0 aromatic heterocycles. The highest BCUT2D eigenvalue weighted by Gasteiger charge is 2.36. The Morgan fingerprint density at radius 2 is 1.73 bits per heavy atom. The number of carbonyl (C=O) groups is 2. The number of amides is 2. The lowest BCUT2D eigenvalue weighted by molar-refractivity contribution is -0.125. The van der Waals surface area contributed by atoms with Crippen molar-refractivity contribution >= 4 is 29.3 Å². The van der Waals surface area contributed by atoms with Gasteiger partial charge < -0.3 is 19.9 Å². The molecule has 0 bridgehead atoms. The highest BCUT2D eigenvalue weighted by atomic mass is 32.2. The molecule has 158 valence electrons. The van der Waals surface area contributed by atoms with Crippen LogP contribution in [0.3, 0.4) is 0 Å². The van der Waals surface area contributed by atoms with Gasteiger partial charge in [0.2, 0.25) is 5.91 Å². The summed E-state index contributed by atoms with van der Waals surface area (Å²) in [6.07, 6.45) is 1.79. The molecule has 1 N–H and O–H groups in total. The molecule has 2 aromatic rings. The predicted molar refractivity (Wildman–Crippen MR) is 120 cm³/mol. The number of hydrogen-bond acceptors (Lipinski definition) is 5. The van der Waals surface area contributed by atoms with Crippen molar-refractivity contribution in [3.63, 3.8) is 0 Å². The van der Waals surface area contributed by atoms with E-state index in [9.17, 15) is 9.59 Å². The van der Waals surface area contributed by atoms with Crippen LogP contribution in [0, 0.1) is 0 Å². The fourth-order valence-corrected chi connectivity index (χ4v) is 5.13. The SMILES string of the molecule is COc1ccc(N2CCC(NC(=O)[C@@H]3CSCN3C(=O)c3ccccc3)CC2)cc1. The van der Waals surface area contributed by atoms with Crippen LogP contribution in [0.15, 0.2) is 54.6 Å². The Hall–Kier alpha value is -2.67. The molecule has 2 saturated heterocycles. The lowest BCUT2D eigenvalue weighted by Crippen LogP contribution is -2.52. The third-order valence-corrected chi connectivity index (χ3v) is 6.76. The van der Waals surface area contributed by atoms with Crippen molar-refractivity contribution < 1.29 is 14.3 Å². The molecule has 30 heavy (non-hydrogen) atoms. The molecule has 2 amide bonds. The van der Waals surface area contributed by atoms with E-state index in [-0.39, 0.29) is 17.9 Å². The third-order valence-electron chi connectivity index (χ3n) is 5.75. The normalized spacial score (nSPS) is 19.6. The monoisotopic (exact) mass is 425 g/mol. The molecule has 0 unspecified atom stereocenters. The Bertz CT molecular complexity index is 867. The minimum absolute atomic E-state index is 0.0350. The number of nitrogens with zero attached hydrogens (tertiary/aromatic N) is 2. The summed E-state index contributed by atoms with van der Waals surface area (Å²) < 4.78 is 5.22. The van der Waals surface area contributed by atoms with Crippen molar-refractivity contribution in [3.05, 3.63) is 60.2 Å². The summed E-state index contributed by atoms with van der Waals surface area (Å²) >= 11 is 1.63. The number of ether oxygens (including phenoxy) is 1. The van der Waals surface area contributed by atoms with Gasteiger partial charge >= 0.3 is 0 Å². The van der Waals surface area contributed by atoms with E-state index in [0.717, 1.165) is 31.7 Å². The summed E-state index contributed by atoms with van der Waals surface area (Å²) in [6, 6.07) is 17.0. The van der Waals surface area contributed by atoms with E-state index >= 15 is 0 Å². The van der Waals surface area contributed by atoms with Crippen molar-refractivity contribution in [2.24, 2.45) is 0 Å².